The van der Waals surface area contributed by atoms with Gasteiger partial charge in [-0.05, 0) is 5.39 Å². The fourth-order valence-electron chi connectivity index (χ4n) is 9.53. The molecule has 53 heavy (non-hydrogen) atoms. The van der Waals surface area contributed by atoms with Gasteiger partial charge in [0.15, 0.2) is 0 Å². The van der Waals surface area contributed by atoms with E-state index >= 15 is 0 Å². The molecule has 0 saturated heterocycles. The third-order valence-corrected chi connectivity index (χ3v) is 16.0. The molecule has 0 saturated carbocycles. The van der Waals surface area contributed by atoms with Crippen molar-refractivity contribution in [3.63, 3.8) is 0 Å². The zero-order valence-corrected chi connectivity index (χ0v) is 32.6. The van der Waals surface area contributed by atoms with Gasteiger partial charge in [-0.15, -0.1) is 0 Å². The SMILES string of the molecule is [2H]C([2H])([2H])c1c[n+]2c(cc1C([2H])([2H])C(C)C)-c1c(ccc3c1oc1ccc4c5ccccc5c5ccccc5c4c13)C21c2ccccc2-c2cc[c]([Ge]([CH3])([CH3])[CH3])c[n+]21. The zero-order chi connectivity index (χ0) is 40.3. The molecule has 256 valence electrons. The van der Waals surface area contributed by atoms with Crippen molar-refractivity contribution in [2.75, 3.05) is 0 Å². The molecule has 1 unspecified atom stereocenters. The standard InChI is InChI=1S/C49H42GeN2O/c1-29(2)25-31-26-43-47-41(49(51(43)27-30(31)3)40-18-12-11-17-38(40)42-23-19-32(28-52(42)49)50(4,5)6)22-20-39-46-44(53-48(39)47)24-21-37-35-15-8-7-13-33(35)34-14-9-10-16-36(34)45(37)46/h7-24,26-29H,25H2,1-6H3/q+2/i3D3,25D2. The average Bonchev–Trinajstić information content (AvgIpc) is 3.83. The Bertz CT molecular complexity index is 3250. The predicted molar refractivity (Wildman–Crippen MR) is 222 cm³/mol. The number of rotatable bonds is 3. The van der Waals surface area contributed by atoms with Gasteiger partial charge in [-0.25, -0.2) is 0 Å². The molecule has 5 heterocycles. The molecule has 6 aromatic carbocycles. The van der Waals surface area contributed by atoms with Crippen LogP contribution in [0.1, 0.15) is 43.0 Å². The van der Waals surface area contributed by atoms with Gasteiger partial charge in [0.2, 0.25) is 0 Å². The third-order valence-electron chi connectivity index (χ3n) is 11.8. The Morgan fingerprint density at radius 3 is 2.08 bits per heavy atom. The van der Waals surface area contributed by atoms with Crippen molar-refractivity contribution in [3.05, 3.63) is 150 Å². The van der Waals surface area contributed by atoms with Crippen molar-refractivity contribution in [2.24, 2.45) is 5.92 Å². The Kier molecular flexibility index (Phi) is 5.33. The second-order valence-electron chi connectivity index (χ2n) is 16.2. The molecule has 3 nitrogen and oxygen atoms in total. The van der Waals surface area contributed by atoms with Crippen LogP contribution < -0.4 is 13.5 Å². The molecule has 2 aliphatic heterocycles. The average molecular weight is 753 g/mol. The number of pyridine rings is 2. The Balaban J connectivity index is 1.36. The molecule has 0 N–H and O–H groups in total. The number of benzene rings is 6. The third kappa shape index (κ3) is 4.01. The van der Waals surface area contributed by atoms with Gasteiger partial charge < -0.3 is 0 Å². The summed E-state index contributed by atoms with van der Waals surface area (Å²) >= 11 is -2.42. The molecule has 1 atom stereocenters. The molecule has 2 aliphatic rings. The number of furan rings is 1. The number of hydrogen-bond donors (Lipinski definition) is 0. The summed E-state index contributed by atoms with van der Waals surface area (Å²) in [6.07, 6.45) is 2.12. The predicted octanol–water partition coefficient (Wildman–Crippen LogP) is 10.9. The van der Waals surface area contributed by atoms with Crippen LogP contribution in [-0.4, -0.2) is 13.3 Å². The van der Waals surface area contributed by atoms with E-state index in [1.54, 1.807) is 6.20 Å². The van der Waals surface area contributed by atoms with Crippen molar-refractivity contribution in [2.45, 2.75) is 50.0 Å². The zero-order valence-electron chi connectivity index (χ0n) is 35.5. The Hall–Kier alpha value is -5.26. The van der Waals surface area contributed by atoms with Crippen molar-refractivity contribution < 1.29 is 20.4 Å². The first-order valence-electron chi connectivity index (χ1n) is 21.1. The first-order chi connectivity index (χ1) is 27.6. The summed E-state index contributed by atoms with van der Waals surface area (Å²) in [5, 5.41) is 9.00. The summed E-state index contributed by atoms with van der Waals surface area (Å²) in [5.41, 5.74) is 6.36. The topological polar surface area (TPSA) is 20.9 Å². The van der Waals surface area contributed by atoms with Crippen LogP contribution in [0.2, 0.25) is 17.3 Å². The second kappa shape index (κ2) is 10.7. The number of fused-ring (bicyclic) bond motifs is 21. The molecule has 4 heteroatoms. The summed E-state index contributed by atoms with van der Waals surface area (Å²) in [7, 11) is 0. The molecular weight excluding hydrogens is 705 g/mol. The van der Waals surface area contributed by atoms with Gasteiger partial charge in [0.1, 0.15) is 0 Å². The quantitative estimate of drug-likeness (QED) is 0.100. The van der Waals surface area contributed by atoms with E-state index in [2.05, 4.69) is 142 Å². The minimum atomic E-state index is -2.58. The van der Waals surface area contributed by atoms with Crippen molar-refractivity contribution in [3.8, 4) is 22.5 Å². The first kappa shape index (κ1) is 26.5. The van der Waals surface area contributed by atoms with E-state index in [0.717, 1.165) is 66.2 Å². The van der Waals surface area contributed by atoms with Gasteiger partial charge in [-0.1, -0.05) is 42.5 Å². The molecule has 3 aromatic heterocycles. The first-order valence-corrected chi connectivity index (χ1v) is 26.0. The Morgan fingerprint density at radius 1 is 0.679 bits per heavy atom. The maximum absolute atomic E-state index is 9.39. The summed E-state index contributed by atoms with van der Waals surface area (Å²) in [6, 6.07) is 40.6. The summed E-state index contributed by atoms with van der Waals surface area (Å²) in [4.78, 5) is 0. The Morgan fingerprint density at radius 2 is 1.34 bits per heavy atom. The van der Waals surface area contributed by atoms with E-state index in [1.807, 2.05) is 19.9 Å². The van der Waals surface area contributed by atoms with Crippen LogP contribution >= 0.6 is 0 Å². The molecule has 0 bridgehead atoms. The number of aromatic nitrogens is 2. The van der Waals surface area contributed by atoms with Gasteiger partial charge >= 0.3 is 273 Å². The van der Waals surface area contributed by atoms with Crippen LogP contribution in [0.5, 0.6) is 0 Å². The van der Waals surface area contributed by atoms with Crippen molar-refractivity contribution >= 4 is 71.9 Å². The number of aryl methyl sites for hydroxylation is 1. The maximum atomic E-state index is 9.39. The van der Waals surface area contributed by atoms with E-state index in [4.69, 9.17) is 8.53 Å². The van der Waals surface area contributed by atoms with E-state index in [1.165, 1.54) is 20.6 Å². The van der Waals surface area contributed by atoms with Gasteiger partial charge in [-0.2, -0.15) is 0 Å². The Labute approximate surface area is 319 Å². The molecule has 0 amide bonds. The molecule has 9 aromatic rings. The molecule has 11 rings (SSSR count). The monoisotopic (exact) mass is 753 g/mol. The van der Waals surface area contributed by atoms with Crippen molar-refractivity contribution in [1.82, 2.24) is 0 Å². The van der Waals surface area contributed by atoms with Crippen LogP contribution in [-0.2, 0) is 12.0 Å². The van der Waals surface area contributed by atoms with Gasteiger partial charge in [-0.3, -0.25) is 0 Å². The fourth-order valence-corrected chi connectivity index (χ4v) is 11.8. The fraction of sp³-hybridized carbons (Fsp3) is 0.184. The van der Waals surface area contributed by atoms with Gasteiger partial charge in [0.05, 0.1) is 0 Å². The molecule has 0 fully saturated rings. The van der Waals surface area contributed by atoms with Crippen molar-refractivity contribution in [1.29, 1.82) is 0 Å². The van der Waals surface area contributed by atoms with E-state index in [9.17, 15) is 2.74 Å². The van der Waals surface area contributed by atoms with Crippen LogP contribution in [0.4, 0.5) is 0 Å². The summed E-state index contributed by atoms with van der Waals surface area (Å²) in [5.74, 6) is 6.70. The number of nitrogens with zero attached hydrogens (tertiary/aromatic N) is 2. The van der Waals surface area contributed by atoms with E-state index in [0.29, 0.717) is 5.58 Å². The molecule has 0 radical (unpaired) electrons. The van der Waals surface area contributed by atoms with E-state index < -0.39 is 38.1 Å². The van der Waals surface area contributed by atoms with Crippen LogP contribution in [0.25, 0.3) is 76.8 Å². The summed E-state index contributed by atoms with van der Waals surface area (Å²) < 4.78 is 58.3. The number of hydrogen-bond acceptors (Lipinski definition) is 1. The van der Waals surface area contributed by atoms with Crippen LogP contribution in [0.15, 0.2) is 132 Å². The molecule has 0 aliphatic carbocycles. The van der Waals surface area contributed by atoms with Crippen LogP contribution in [0, 0.1) is 12.8 Å². The summed E-state index contributed by atoms with van der Waals surface area (Å²) in [6.45, 7) is 1.05. The van der Waals surface area contributed by atoms with Gasteiger partial charge in [0.25, 0.3) is 0 Å². The molecule has 1 spiro atoms. The molecular formula is C49H42GeN2O+2. The second-order valence-corrected chi connectivity index (χ2v) is 26.9. The normalized spacial score (nSPS) is 18.0. The minimum absolute atomic E-state index is 0.0171. The van der Waals surface area contributed by atoms with E-state index in [-0.39, 0.29) is 11.1 Å². The van der Waals surface area contributed by atoms with Gasteiger partial charge in [0, 0.05) is 0 Å². The van der Waals surface area contributed by atoms with Crippen LogP contribution in [0.3, 0.4) is 0 Å².